The molecular formula is C30H50O. The summed E-state index contributed by atoms with van der Waals surface area (Å²) in [5.41, 5.74) is 3.58. The maximum atomic E-state index is 10.9. The number of allylic oxidation sites excluding steroid dienone is 2. The monoisotopic (exact) mass is 426 g/mol. The summed E-state index contributed by atoms with van der Waals surface area (Å²) >= 11 is 0. The Morgan fingerprint density at radius 3 is 2.23 bits per heavy atom. The van der Waals surface area contributed by atoms with Crippen molar-refractivity contribution >= 4 is 0 Å². The van der Waals surface area contributed by atoms with E-state index in [1.165, 1.54) is 51.4 Å². The van der Waals surface area contributed by atoms with Gasteiger partial charge in [-0.3, -0.25) is 0 Å². The summed E-state index contributed by atoms with van der Waals surface area (Å²) in [6, 6.07) is 0. The second kappa shape index (κ2) is 6.64. The Labute approximate surface area is 192 Å². The molecule has 0 amide bonds. The Hall–Kier alpha value is -0.300. The fraction of sp³-hybridized carbons (Fsp3) is 0.933. The van der Waals surface area contributed by atoms with E-state index in [0.717, 1.165) is 30.1 Å². The average Bonchev–Trinajstić information content (AvgIpc) is 2.69. The second-order valence-electron chi connectivity index (χ2n) is 14.7. The molecule has 176 valence electrons. The largest absolute Gasteiger partial charge is 0.393 e. The highest BCUT2D eigenvalue weighted by Gasteiger charge is 2.69. The Morgan fingerprint density at radius 2 is 1.52 bits per heavy atom. The summed E-state index contributed by atoms with van der Waals surface area (Å²) < 4.78 is 0. The Morgan fingerprint density at radius 1 is 0.806 bits per heavy atom. The molecule has 0 spiro atoms. The molecule has 0 aromatic heterocycles. The Kier molecular flexibility index (Phi) is 4.82. The minimum atomic E-state index is -0.116. The fourth-order valence-electron chi connectivity index (χ4n) is 11.3. The van der Waals surface area contributed by atoms with Gasteiger partial charge in [-0.25, -0.2) is 0 Å². The normalized spacial score (nSPS) is 58.3. The van der Waals surface area contributed by atoms with Gasteiger partial charge in [-0.1, -0.05) is 60.1 Å². The molecule has 10 atom stereocenters. The SMILES string of the molecule is CC1=CC[C@]2(C)CC[C@]3(C)[C@H](CC[C@@H]4[C@@]5(C)CC[C@H](O)C(C)(C)[C@@H]5CC[C@]43C)C2[C@@H]1C. The molecule has 0 heterocycles. The van der Waals surface area contributed by atoms with E-state index in [1.807, 2.05) is 0 Å². The Bertz CT molecular complexity index is 779. The lowest BCUT2D eigenvalue weighted by atomic mass is 9.31. The quantitative estimate of drug-likeness (QED) is 0.389. The third-order valence-corrected chi connectivity index (χ3v) is 13.5. The van der Waals surface area contributed by atoms with Gasteiger partial charge in [0.25, 0.3) is 0 Å². The van der Waals surface area contributed by atoms with Crippen molar-refractivity contribution in [2.45, 2.75) is 119 Å². The van der Waals surface area contributed by atoms with E-state index in [4.69, 9.17) is 0 Å². The molecular weight excluding hydrogens is 376 g/mol. The molecule has 1 heteroatoms. The van der Waals surface area contributed by atoms with Crippen LogP contribution in [0.2, 0.25) is 0 Å². The summed E-state index contributed by atoms with van der Waals surface area (Å²) in [6.07, 6.45) is 14.5. The van der Waals surface area contributed by atoms with E-state index in [0.29, 0.717) is 27.6 Å². The summed E-state index contributed by atoms with van der Waals surface area (Å²) in [5.74, 6) is 4.00. The van der Waals surface area contributed by atoms with E-state index in [9.17, 15) is 5.11 Å². The van der Waals surface area contributed by atoms with Crippen LogP contribution in [0.3, 0.4) is 0 Å². The minimum Gasteiger partial charge on any atom is -0.393 e. The topological polar surface area (TPSA) is 20.2 Å². The van der Waals surface area contributed by atoms with E-state index in [2.05, 4.69) is 61.5 Å². The van der Waals surface area contributed by atoms with Crippen LogP contribution in [0.1, 0.15) is 113 Å². The van der Waals surface area contributed by atoms with Crippen molar-refractivity contribution in [3.05, 3.63) is 11.6 Å². The third kappa shape index (κ3) is 2.65. The molecule has 1 N–H and O–H groups in total. The zero-order chi connectivity index (χ0) is 22.6. The lowest BCUT2D eigenvalue weighted by Crippen LogP contribution is -2.67. The van der Waals surface area contributed by atoms with Crippen molar-refractivity contribution in [2.24, 2.45) is 56.7 Å². The number of aliphatic hydroxyl groups excluding tert-OH is 1. The highest BCUT2D eigenvalue weighted by atomic mass is 16.3. The Balaban J connectivity index is 1.55. The number of rotatable bonds is 0. The first-order valence-electron chi connectivity index (χ1n) is 13.7. The van der Waals surface area contributed by atoms with Gasteiger partial charge >= 0.3 is 0 Å². The van der Waals surface area contributed by atoms with Crippen LogP contribution in [0.25, 0.3) is 0 Å². The van der Waals surface area contributed by atoms with Crippen molar-refractivity contribution in [1.82, 2.24) is 0 Å². The van der Waals surface area contributed by atoms with E-state index < -0.39 is 0 Å². The van der Waals surface area contributed by atoms with Crippen LogP contribution in [0.5, 0.6) is 0 Å². The maximum Gasteiger partial charge on any atom is 0.0594 e. The van der Waals surface area contributed by atoms with Crippen LogP contribution in [0, 0.1) is 56.7 Å². The van der Waals surface area contributed by atoms with Crippen LogP contribution >= 0.6 is 0 Å². The number of fused-ring (bicyclic) bond motifs is 7. The maximum absolute atomic E-state index is 10.9. The summed E-state index contributed by atoms with van der Waals surface area (Å²) in [4.78, 5) is 0. The predicted molar refractivity (Wildman–Crippen MR) is 131 cm³/mol. The van der Waals surface area contributed by atoms with Crippen LogP contribution in [0.15, 0.2) is 11.6 Å². The number of hydrogen-bond acceptors (Lipinski definition) is 1. The molecule has 0 aromatic rings. The first kappa shape index (κ1) is 22.5. The van der Waals surface area contributed by atoms with Gasteiger partial charge in [0.2, 0.25) is 0 Å². The molecule has 5 rings (SSSR count). The van der Waals surface area contributed by atoms with Crippen LogP contribution in [-0.4, -0.2) is 11.2 Å². The zero-order valence-corrected chi connectivity index (χ0v) is 21.9. The van der Waals surface area contributed by atoms with Gasteiger partial charge in [-0.05, 0) is 121 Å². The molecule has 0 saturated heterocycles. The first-order chi connectivity index (χ1) is 14.3. The van der Waals surface area contributed by atoms with Crippen molar-refractivity contribution in [2.75, 3.05) is 0 Å². The first-order valence-corrected chi connectivity index (χ1v) is 13.7. The van der Waals surface area contributed by atoms with E-state index >= 15 is 0 Å². The smallest absolute Gasteiger partial charge is 0.0594 e. The standard InChI is InChI=1S/C30H50O/c1-19-11-14-27(5)17-18-29(7)21(25(27)20(19)2)9-10-23-28(6)15-13-24(31)26(3,4)22(28)12-16-30(23,29)8/h11,20-25,31H,9-10,12-18H2,1-8H3/t20-,21-,22+,23-,24+,25?,27-,28+,29-,30-/m1/s1. The molecule has 0 radical (unpaired) electrons. The number of aliphatic hydroxyl groups is 1. The van der Waals surface area contributed by atoms with Crippen LogP contribution < -0.4 is 0 Å². The van der Waals surface area contributed by atoms with Gasteiger partial charge in [0.05, 0.1) is 6.10 Å². The summed E-state index contributed by atoms with van der Waals surface area (Å²) in [7, 11) is 0. The molecule has 0 aromatic carbocycles. The molecule has 4 saturated carbocycles. The van der Waals surface area contributed by atoms with Gasteiger partial charge < -0.3 is 5.11 Å². The van der Waals surface area contributed by atoms with Gasteiger partial charge in [-0.15, -0.1) is 0 Å². The lowest BCUT2D eigenvalue weighted by molar-refractivity contribution is -0.250. The van der Waals surface area contributed by atoms with Crippen molar-refractivity contribution in [1.29, 1.82) is 0 Å². The summed E-state index contributed by atoms with van der Waals surface area (Å²) in [5, 5.41) is 10.9. The van der Waals surface area contributed by atoms with Gasteiger partial charge in [-0.2, -0.15) is 0 Å². The molecule has 0 bridgehead atoms. The predicted octanol–water partition coefficient (Wildman–Crippen LogP) is 8.02. The van der Waals surface area contributed by atoms with Crippen molar-refractivity contribution < 1.29 is 5.11 Å². The van der Waals surface area contributed by atoms with E-state index in [1.54, 1.807) is 5.57 Å². The van der Waals surface area contributed by atoms with Crippen LogP contribution in [-0.2, 0) is 0 Å². The molecule has 0 aliphatic heterocycles. The number of hydrogen-bond donors (Lipinski definition) is 1. The van der Waals surface area contributed by atoms with Gasteiger partial charge in [0.15, 0.2) is 0 Å². The average molecular weight is 427 g/mol. The van der Waals surface area contributed by atoms with E-state index in [-0.39, 0.29) is 11.5 Å². The fourth-order valence-corrected chi connectivity index (χ4v) is 11.3. The molecule has 4 fully saturated rings. The highest BCUT2D eigenvalue weighted by Crippen LogP contribution is 2.76. The van der Waals surface area contributed by atoms with Crippen LogP contribution in [0.4, 0.5) is 0 Å². The second-order valence-corrected chi connectivity index (χ2v) is 14.7. The van der Waals surface area contributed by atoms with Gasteiger partial charge in [0.1, 0.15) is 0 Å². The van der Waals surface area contributed by atoms with Crippen molar-refractivity contribution in [3.63, 3.8) is 0 Å². The zero-order valence-electron chi connectivity index (χ0n) is 21.9. The molecule has 31 heavy (non-hydrogen) atoms. The lowest BCUT2D eigenvalue weighted by Gasteiger charge is -2.73. The molecule has 5 aliphatic carbocycles. The van der Waals surface area contributed by atoms with Crippen molar-refractivity contribution in [3.8, 4) is 0 Å². The molecule has 1 unspecified atom stereocenters. The summed E-state index contributed by atoms with van der Waals surface area (Å²) in [6.45, 7) is 20.5. The van der Waals surface area contributed by atoms with Gasteiger partial charge in [0, 0.05) is 0 Å². The highest BCUT2D eigenvalue weighted by molar-refractivity contribution is 5.22. The molecule has 1 nitrogen and oxygen atoms in total. The molecule has 5 aliphatic rings. The third-order valence-electron chi connectivity index (χ3n) is 13.5. The minimum absolute atomic E-state index is 0.0665.